The molecular formula is C112H68O5. The molecule has 7 aliphatic heterocycles. The van der Waals surface area contributed by atoms with Crippen molar-refractivity contribution in [2.24, 2.45) is 0 Å². The Labute approximate surface area is 680 Å². The van der Waals surface area contributed by atoms with Crippen molar-refractivity contribution < 1.29 is 23.9 Å². The van der Waals surface area contributed by atoms with Crippen molar-refractivity contribution in [2.75, 3.05) is 0 Å². The van der Waals surface area contributed by atoms with Crippen molar-refractivity contribution >= 4 is 84.2 Å². The second kappa shape index (κ2) is 31.3. The Hall–Kier alpha value is -16.0. The minimum absolute atomic E-state index is 0.0649. The predicted octanol–water partition coefficient (Wildman–Crippen LogP) is 24.7. The first kappa shape index (κ1) is 71.4. The molecule has 0 unspecified atom stereocenters. The normalized spacial score (nSPS) is 13.9. The van der Waals surface area contributed by atoms with Crippen LogP contribution in [0.5, 0.6) is 23.0 Å². The Morgan fingerprint density at radius 3 is 0.658 bits per heavy atom. The quantitative estimate of drug-likeness (QED) is 0.128. The maximum absolute atomic E-state index is 16.3. The largest absolute Gasteiger partial charge is 0.457 e. The average Bonchev–Trinajstić information content (AvgIpc) is 1.60. The minimum Gasteiger partial charge on any atom is -0.457 e. The Morgan fingerprint density at radius 2 is 0.385 bits per heavy atom. The molecule has 25 rings (SSSR count). The van der Waals surface area contributed by atoms with Crippen LogP contribution in [0.2, 0.25) is 0 Å². The third-order valence-electron chi connectivity index (χ3n) is 21.8. The molecule has 0 amide bonds. The van der Waals surface area contributed by atoms with Crippen molar-refractivity contribution in [3.8, 4) is 58.5 Å². The molecule has 0 atom stereocenters. The van der Waals surface area contributed by atoms with Crippen LogP contribution in [0, 0.1) is 35.5 Å². The number of allylic oxidation sites excluding steroid dienone is 12. The molecule has 0 N–H and O–H groups in total. The van der Waals surface area contributed by atoms with E-state index in [2.05, 4.69) is 84.1 Å². The van der Waals surface area contributed by atoms with Gasteiger partial charge in [0.2, 0.25) is 0 Å². The number of Topliss-reactive ketones (excluding diaryl/α,β-unsaturated/α-hetero) is 3. The first-order chi connectivity index (χ1) is 57.7. The average molecular weight is 1490 g/mol. The van der Waals surface area contributed by atoms with Crippen LogP contribution in [-0.2, 0) is 19.8 Å². The molecule has 7 heterocycles. The van der Waals surface area contributed by atoms with Gasteiger partial charge in [-0.05, 0) is 175 Å². The van der Waals surface area contributed by atoms with Gasteiger partial charge >= 0.3 is 0 Å². The zero-order chi connectivity index (χ0) is 78.6. The number of ketones is 3. The second-order valence-corrected chi connectivity index (χ2v) is 28.9. The van der Waals surface area contributed by atoms with Gasteiger partial charge in [-0.2, -0.15) is 0 Å². The van der Waals surface area contributed by atoms with Gasteiger partial charge < -0.3 is 9.47 Å². The third-order valence-corrected chi connectivity index (χ3v) is 21.8. The van der Waals surface area contributed by atoms with Crippen LogP contribution >= 0.6 is 0 Å². The monoisotopic (exact) mass is 1490 g/mol. The fraction of sp³-hybridized carbons (Fsp3) is 0.00893. The lowest BCUT2D eigenvalue weighted by Crippen LogP contribution is -2.24. The van der Waals surface area contributed by atoms with Crippen molar-refractivity contribution in [1.29, 1.82) is 0 Å². The first-order valence-electron chi connectivity index (χ1n) is 39.0. The highest BCUT2D eigenvalue weighted by Gasteiger charge is 2.41. The van der Waals surface area contributed by atoms with Gasteiger partial charge in [0.1, 0.15) is 28.4 Å². The highest BCUT2D eigenvalue weighted by molar-refractivity contribution is 6.61. The summed E-state index contributed by atoms with van der Waals surface area (Å²) in [7, 11) is 0. The number of hydrogen-bond donors (Lipinski definition) is 0. The molecule has 8 bridgehead atoms. The molecule has 546 valence electrons. The summed E-state index contributed by atoms with van der Waals surface area (Å²) in [5.74, 6) is 23.3. The van der Waals surface area contributed by atoms with Gasteiger partial charge in [-0.25, -0.2) is 0 Å². The van der Waals surface area contributed by atoms with Crippen molar-refractivity contribution in [3.63, 3.8) is 0 Å². The zero-order valence-corrected chi connectivity index (χ0v) is 63.3. The van der Waals surface area contributed by atoms with Gasteiger partial charge in [-0.15, -0.1) is 0 Å². The Bertz CT molecular complexity index is 6750. The number of hydrogen-bond acceptors (Lipinski definition) is 5. The summed E-state index contributed by atoms with van der Waals surface area (Å²) in [6, 6.07) is 136. The molecule has 10 aliphatic rings. The number of rotatable bonds is 10. The molecule has 0 saturated heterocycles. The van der Waals surface area contributed by atoms with Gasteiger partial charge in [-0.1, -0.05) is 351 Å². The predicted molar refractivity (Wildman–Crippen MR) is 473 cm³/mol. The molecule has 0 aromatic heterocycles. The summed E-state index contributed by atoms with van der Waals surface area (Å²) in [6.45, 7) is 0. The van der Waals surface area contributed by atoms with Crippen LogP contribution in [0.3, 0.4) is 0 Å². The van der Waals surface area contributed by atoms with Crippen LogP contribution in [0.4, 0.5) is 0 Å². The zero-order valence-electron chi connectivity index (χ0n) is 63.3. The van der Waals surface area contributed by atoms with Gasteiger partial charge in [0.05, 0.1) is 0 Å². The van der Waals surface area contributed by atoms with E-state index in [1.54, 1.807) is 0 Å². The van der Waals surface area contributed by atoms with Crippen LogP contribution < -0.4 is 9.47 Å². The highest BCUT2D eigenvalue weighted by Crippen LogP contribution is 2.55. The SMILES string of the molecule is O=C1C(c2ccccc2)=C(c2ccccc2)C(c2ccc(Oc3ccc(C4=C(c5ccccc5)C(=O)C5=C4c4ccc(cc4)Oc4ccc(cc4)C4=C(C(=O)C(c6ccccc6)=C4c4ccccc4)c4ccc(cc4)C(C#Cc4ccccc4)(C#Cc4ccccc4)c4ccc5cc4)cc3)cc2)=C1c1ccc(C#Cc2ccccc2)cc1. The topological polar surface area (TPSA) is 69.7 Å². The fourth-order valence-corrected chi connectivity index (χ4v) is 16.3. The van der Waals surface area contributed by atoms with Crippen LogP contribution in [0.25, 0.3) is 66.9 Å². The molecule has 0 spiro atoms. The summed E-state index contributed by atoms with van der Waals surface area (Å²) in [5, 5.41) is 0. The van der Waals surface area contributed by atoms with Crippen LogP contribution in [0.1, 0.15) is 100 Å². The van der Waals surface area contributed by atoms with Gasteiger partial charge in [0.15, 0.2) is 17.3 Å². The second-order valence-electron chi connectivity index (χ2n) is 28.9. The van der Waals surface area contributed by atoms with E-state index in [0.29, 0.717) is 62.0 Å². The van der Waals surface area contributed by atoms with Crippen molar-refractivity contribution in [2.45, 2.75) is 5.41 Å². The van der Waals surface area contributed by atoms with Gasteiger partial charge in [0, 0.05) is 89.1 Å². The van der Waals surface area contributed by atoms with E-state index in [1.807, 2.05) is 364 Å². The van der Waals surface area contributed by atoms with Crippen LogP contribution in [-0.4, -0.2) is 17.3 Å². The molecule has 5 heteroatoms. The van der Waals surface area contributed by atoms with E-state index in [1.165, 1.54) is 0 Å². The smallest absolute Gasteiger partial charge is 0.195 e. The van der Waals surface area contributed by atoms with Gasteiger partial charge in [0.25, 0.3) is 0 Å². The van der Waals surface area contributed by atoms with E-state index in [9.17, 15) is 0 Å². The summed E-state index contributed by atoms with van der Waals surface area (Å²) in [6.07, 6.45) is 0. The van der Waals surface area contributed by atoms with E-state index in [4.69, 9.17) is 9.47 Å². The Kier molecular flexibility index (Phi) is 19.1. The first-order valence-corrected chi connectivity index (χ1v) is 39.0. The summed E-state index contributed by atoms with van der Waals surface area (Å²) >= 11 is 0. The fourth-order valence-electron chi connectivity index (χ4n) is 16.3. The molecule has 3 aliphatic carbocycles. The maximum Gasteiger partial charge on any atom is 0.195 e. The molecule has 0 fully saturated rings. The lowest BCUT2D eigenvalue weighted by Gasteiger charge is -2.25. The molecule has 0 saturated carbocycles. The number of carbonyl (C=O) groups excluding carboxylic acids is 3. The molecule has 0 radical (unpaired) electrons. The summed E-state index contributed by atoms with van der Waals surface area (Å²) < 4.78 is 13.6. The van der Waals surface area contributed by atoms with Crippen molar-refractivity contribution in [3.05, 3.63) is 513 Å². The Balaban J connectivity index is 0.734. The molecule has 15 aromatic rings. The molecular weight excluding hydrogens is 1430 g/mol. The molecule has 15 aromatic carbocycles. The maximum atomic E-state index is 16.3. The van der Waals surface area contributed by atoms with Gasteiger partial charge in [-0.3, -0.25) is 14.4 Å². The van der Waals surface area contributed by atoms with E-state index >= 15 is 14.4 Å². The molecule has 117 heavy (non-hydrogen) atoms. The van der Waals surface area contributed by atoms with E-state index < -0.39 is 5.41 Å². The number of carbonyl (C=O) groups is 3. The third kappa shape index (κ3) is 13.9. The van der Waals surface area contributed by atoms with Crippen LogP contribution in [0.15, 0.2) is 413 Å². The molecule has 5 nitrogen and oxygen atoms in total. The minimum atomic E-state index is -1.30. The summed E-state index contributed by atoms with van der Waals surface area (Å²) in [4.78, 5) is 47.5. The summed E-state index contributed by atoms with van der Waals surface area (Å²) in [5.41, 5.74) is 21.6. The van der Waals surface area contributed by atoms with E-state index in [0.717, 1.165) is 128 Å². The van der Waals surface area contributed by atoms with E-state index in [-0.39, 0.29) is 17.3 Å². The number of benzene rings is 15. The lowest BCUT2D eigenvalue weighted by atomic mass is 9.74. The standard InChI is InChI=1S/C112H68O5/c113-109-103(81-35-19-6-20-36-81)97(79-31-15-4-16-32-79)99(106(109)88-45-43-78(44-46-88)42-41-75-25-9-1-10-26-75)84-51-63-93(64-52-84)116-95-67-55-86(56-68-95)101-102-87-57-69-96(70-58-87)117-94-65-53-85(54-66-94)100-98(80-33-17-5-18-34-80)104(82-37-21-7-22-38-82)110(114)107(100)89-47-59-91(60-48-89)112(73-71-76-27-11-2-12-28-76,74-72-77-29-13-3-14-30-77)92-61-49-90(50-62-92)108(102)111(115)105(101)83-39-23-8-24-40-83/h1-40,43-70H. The lowest BCUT2D eigenvalue weighted by molar-refractivity contribution is -0.109. The Morgan fingerprint density at radius 1 is 0.188 bits per heavy atom. The number of ether oxygens (including phenoxy) is 2. The highest BCUT2D eigenvalue weighted by atomic mass is 16.5. The van der Waals surface area contributed by atoms with Crippen molar-refractivity contribution in [1.82, 2.24) is 0 Å².